The van der Waals surface area contributed by atoms with Crippen LogP contribution < -0.4 is 0 Å². The Morgan fingerprint density at radius 1 is 1.13 bits per heavy atom. The van der Waals surface area contributed by atoms with Crippen molar-refractivity contribution in [3.8, 4) is 0 Å². The molecule has 9 atom stereocenters. The first-order valence-electron chi connectivity index (χ1n) is 13.5. The summed E-state index contributed by atoms with van der Waals surface area (Å²) in [6.45, 7) is 16.5. The largest absolute Gasteiger partial charge is 0.393 e. The molecule has 3 fully saturated rings. The van der Waals surface area contributed by atoms with Gasteiger partial charge in [0.25, 0.3) is 0 Å². The second-order valence-electron chi connectivity index (χ2n) is 12.2. The van der Waals surface area contributed by atoms with Gasteiger partial charge in [-0.1, -0.05) is 70.6 Å². The molecule has 1 N–H and O–H groups in total. The molecule has 4 aliphatic carbocycles. The molecule has 0 amide bonds. The SMILES string of the molecule is C=C(CC)[C@@H](/C=C/[C@@H](C)[C@H]1CC[C@H]2[C@@H]3CC=C4C[C@@H](O)CC[C@]4(C)[C@H]3CC[C@]12C)CC. The van der Waals surface area contributed by atoms with E-state index in [4.69, 9.17) is 0 Å². The van der Waals surface area contributed by atoms with Gasteiger partial charge in [0, 0.05) is 0 Å². The molecular weight excluding hydrogens is 376 g/mol. The molecule has 0 saturated heterocycles. The molecule has 0 radical (unpaired) electrons. The van der Waals surface area contributed by atoms with Crippen molar-refractivity contribution in [3.05, 3.63) is 36.0 Å². The number of hydrogen-bond donors (Lipinski definition) is 1. The molecule has 0 aromatic carbocycles. The van der Waals surface area contributed by atoms with Crippen molar-refractivity contribution in [2.75, 3.05) is 0 Å². The van der Waals surface area contributed by atoms with Crippen LogP contribution in [0.1, 0.15) is 98.8 Å². The van der Waals surface area contributed by atoms with E-state index in [0.29, 0.717) is 22.7 Å². The van der Waals surface area contributed by atoms with Gasteiger partial charge in [0.2, 0.25) is 0 Å². The number of fused-ring (bicyclic) bond motifs is 5. The lowest BCUT2D eigenvalue weighted by Crippen LogP contribution is -2.50. The Bertz CT molecular complexity index is 731. The molecule has 0 heterocycles. The molecule has 1 nitrogen and oxygen atoms in total. The third-order valence-electron chi connectivity index (χ3n) is 10.9. The van der Waals surface area contributed by atoms with Crippen LogP contribution in [-0.4, -0.2) is 11.2 Å². The van der Waals surface area contributed by atoms with Crippen LogP contribution in [0.15, 0.2) is 36.0 Å². The fourth-order valence-corrected chi connectivity index (χ4v) is 8.81. The van der Waals surface area contributed by atoms with E-state index in [1.807, 2.05) is 0 Å². The highest BCUT2D eigenvalue weighted by molar-refractivity contribution is 5.25. The molecular formula is C30H48O. The second-order valence-corrected chi connectivity index (χ2v) is 12.2. The highest BCUT2D eigenvalue weighted by Crippen LogP contribution is 2.67. The molecule has 0 unspecified atom stereocenters. The summed E-state index contributed by atoms with van der Waals surface area (Å²) in [7, 11) is 0. The van der Waals surface area contributed by atoms with Crippen molar-refractivity contribution in [2.45, 2.75) is 105 Å². The van der Waals surface area contributed by atoms with E-state index in [1.165, 1.54) is 50.5 Å². The average Bonchev–Trinajstić information content (AvgIpc) is 3.11. The third-order valence-corrected chi connectivity index (χ3v) is 10.9. The lowest BCUT2D eigenvalue weighted by atomic mass is 9.47. The van der Waals surface area contributed by atoms with Crippen LogP contribution in [0.25, 0.3) is 0 Å². The van der Waals surface area contributed by atoms with Gasteiger partial charge < -0.3 is 5.11 Å². The monoisotopic (exact) mass is 424 g/mol. The molecule has 31 heavy (non-hydrogen) atoms. The molecule has 1 heteroatoms. The summed E-state index contributed by atoms with van der Waals surface area (Å²) in [5.41, 5.74) is 3.85. The normalized spacial score (nSPS) is 44.2. The maximum absolute atomic E-state index is 10.3. The number of allylic oxidation sites excluding steroid dienone is 4. The van der Waals surface area contributed by atoms with Crippen LogP contribution in [0.2, 0.25) is 0 Å². The summed E-state index contributed by atoms with van der Waals surface area (Å²) in [6.07, 6.45) is 19.9. The van der Waals surface area contributed by atoms with Crippen molar-refractivity contribution in [1.82, 2.24) is 0 Å². The molecule has 0 bridgehead atoms. The van der Waals surface area contributed by atoms with Gasteiger partial charge in [0.1, 0.15) is 0 Å². The molecule has 0 aliphatic heterocycles. The topological polar surface area (TPSA) is 20.2 Å². The summed E-state index contributed by atoms with van der Waals surface area (Å²) in [5.74, 6) is 4.65. The zero-order valence-corrected chi connectivity index (χ0v) is 21.0. The first-order chi connectivity index (χ1) is 14.7. The number of hydrogen-bond acceptors (Lipinski definition) is 1. The number of aliphatic hydroxyl groups excluding tert-OH is 1. The fourth-order valence-electron chi connectivity index (χ4n) is 8.81. The van der Waals surface area contributed by atoms with Gasteiger partial charge in [-0.05, 0) is 111 Å². The van der Waals surface area contributed by atoms with Crippen molar-refractivity contribution >= 4 is 0 Å². The van der Waals surface area contributed by atoms with Gasteiger partial charge in [-0.25, -0.2) is 0 Å². The summed E-state index contributed by atoms with van der Waals surface area (Å²) >= 11 is 0. The van der Waals surface area contributed by atoms with E-state index in [2.05, 4.69) is 59.4 Å². The van der Waals surface area contributed by atoms with Gasteiger partial charge in [0.05, 0.1) is 6.10 Å². The number of aliphatic hydroxyl groups is 1. The minimum Gasteiger partial charge on any atom is -0.393 e. The molecule has 4 rings (SSSR count). The fraction of sp³-hybridized carbons (Fsp3) is 0.800. The van der Waals surface area contributed by atoms with Crippen molar-refractivity contribution in [1.29, 1.82) is 0 Å². The van der Waals surface area contributed by atoms with Crippen LogP contribution in [0.5, 0.6) is 0 Å². The standard InChI is InChI=1S/C30H48O/c1-7-20(3)22(8-2)10-9-21(4)26-13-14-27-25-12-11-23-19-24(31)15-17-29(23,5)28(25)16-18-30(26,27)6/h9-11,21-22,24-28,31H,3,7-8,12-19H2,1-2,4-6H3/b10-9+/t21-,22-,24+,25+,26-,27+,28+,29+,30-/m1/s1. The quantitative estimate of drug-likeness (QED) is 0.427. The van der Waals surface area contributed by atoms with Gasteiger partial charge in [-0.15, -0.1) is 0 Å². The lowest BCUT2D eigenvalue weighted by Gasteiger charge is -2.58. The minimum atomic E-state index is -0.0936. The summed E-state index contributed by atoms with van der Waals surface area (Å²) in [5, 5.41) is 10.3. The Labute approximate surface area is 192 Å². The van der Waals surface area contributed by atoms with Crippen molar-refractivity contribution in [2.24, 2.45) is 46.3 Å². The van der Waals surface area contributed by atoms with Gasteiger partial charge >= 0.3 is 0 Å². The minimum absolute atomic E-state index is 0.0936. The van der Waals surface area contributed by atoms with Crippen LogP contribution >= 0.6 is 0 Å². The zero-order valence-electron chi connectivity index (χ0n) is 21.0. The maximum Gasteiger partial charge on any atom is 0.0577 e. The van der Waals surface area contributed by atoms with E-state index in [9.17, 15) is 5.11 Å². The Balaban J connectivity index is 1.51. The van der Waals surface area contributed by atoms with E-state index in [1.54, 1.807) is 5.57 Å². The third kappa shape index (κ3) is 3.92. The highest BCUT2D eigenvalue weighted by Gasteiger charge is 2.58. The molecule has 4 aliphatic rings. The Morgan fingerprint density at radius 3 is 2.61 bits per heavy atom. The van der Waals surface area contributed by atoms with Crippen LogP contribution in [0.3, 0.4) is 0 Å². The van der Waals surface area contributed by atoms with E-state index < -0.39 is 0 Å². The number of rotatable bonds is 6. The van der Waals surface area contributed by atoms with E-state index in [0.717, 1.165) is 42.9 Å². The Morgan fingerprint density at radius 2 is 1.90 bits per heavy atom. The van der Waals surface area contributed by atoms with Crippen LogP contribution in [0, 0.1) is 46.3 Å². The van der Waals surface area contributed by atoms with Gasteiger partial charge in [0.15, 0.2) is 0 Å². The summed E-state index contributed by atoms with van der Waals surface area (Å²) in [6, 6.07) is 0. The Hall–Kier alpha value is -0.820. The van der Waals surface area contributed by atoms with E-state index >= 15 is 0 Å². The van der Waals surface area contributed by atoms with Crippen molar-refractivity contribution < 1.29 is 5.11 Å². The second kappa shape index (κ2) is 8.85. The first-order valence-corrected chi connectivity index (χ1v) is 13.5. The molecule has 0 spiro atoms. The summed E-state index contributed by atoms with van der Waals surface area (Å²) < 4.78 is 0. The van der Waals surface area contributed by atoms with Crippen LogP contribution in [0.4, 0.5) is 0 Å². The van der Waals surface area contributed by atoms with Crippen molar-refractivity contribution in [3.63, 3.8) is 0 Å². The molecule has 0 aromatic heterocycles. The highest BCUT2D eigenvalue weighted by atomic mass is 16.3. The first kappa shape index (κ1) is 23.3. The average molecular weight is 425 g/mol. The lowest BCUT2D eigenvalue weighted by molar-refractivity contribution is -0.0540. The van der Waals surface area contributed by atoms with Gasteiger partial charge in [-0.2, -0.15) is 0 Å². The smallest absolute Gasteiger partial charge is 0.0577 e. The molecule has 3 saturated carbocycles. The predicted molar refractivity (Wildman–Crippen MR) is 133 cm³/mol. The molecule has 0 aromatic rings. The maximum atomic E-state index is 10.3. The zero-order chi connectivity index (χ0) is 22.4. The predicted octanol–water partition coefficient (Wildman–Crippen LogP) is 8.11. The van der Waals surface area contributed by atoms with Crippen LogP contribution in [-0.2, 0) is 0 Å². The molecule has 174 valence electrons. The van der Waals surface area contributed by atoms with Gasteiger partial charge in [-0.3, -0.25) is 0 Å². The van der Waals surface area contributed by atoms with E-state index in [-0.39, 0.29) is 6.10 Å². The Kier molecular flexibility index (Phi) is 6.66. The summed E-state index contributed by atoms with van der Waals surface area (Å²) in [4.78, 5) is 0.